The zero-order valence-electron chi connectivity index (χ0n) is 6.83. The van der Waals surface area contributed by atoms with Gasteiger partial charge in [-0.2, -0.15) is 0 Å². The van der Waals surface area contributed by atoms with Gasteiger partial charge in [-0.05, 0) is 24.1 Å². The topological polar surface area (TPSA) is 38.9 Å². The van der Waals surface area contributed by atoms with E-state index >= 15 is 0 Å². The SMILES string of the molecule is CCC[C@@H](N)c1ccncc1. The monoisotopic (exact) mass is 150 g/mol. The van der Waals surface area contributed by atoms with Crippen LogP contribution in [-0.4, -0.2) is 4.98 Å². The van der Waals surface area contributed by atoms with Crippen molar-refractivity contribution in [3.8, 4) is 0 Å². The van der Waals surface area contributed by atoms with E-state index in [1.54, 1.807) is 12.4 Å². The average Bonchev–Trinajstić information content (AvgIpc) is 2.07. The third-order valence-electron chi connectivity index (χ3n) is 1.73. The Morgan fingerprint density at radius 2 is 2.09 bits per heavy atom. The lowest BCUT2D eigenvalue weighted by atomic mass is 10.1. The largest absolute Gasteiger partial charge is 0.324 e. The van der Waals surface area contributed by atoms with E-state index in [1.807, 2.05) is 12.1 Å². The summed E-state index contributed by atoms with van der Waals surface area (Å²) in [4.78, 5) is 3.93. The molecular formula is C9H14N2. The maximum atomic E-state index is 5.88. The number of hydrogen-bond donors (Lipinski definition) is 1. The van der Waals surface area contributed by atoms with Gasteiger partial charge in [-0.1, -0.05) is 13.3 Å². The van der Waals surface area contributed by atoms with Gasteiger partial charge in [-0.15, -0.1) is 0 Å². The van der Waals surface area contributed by atoms with Crippen LogP contribution in [0, 0.1) is 0 Å². The highest BCUT2D eigenvalue weighted by atomic mass is 14.6. The molecule has 0 spiro atoms. The van der Waals surface area contributed by atoms with Gasteiger partial charge in [0.2, 0.25) is 0 Å². The summed E-state index contributed by atoms with van der Waals surface area (Å²) >= 11 is 0. The van der Waals surface area contributed by atoms with Crippen molar-refractivity contribution < 1.29 is 0 Å². The molecule has 1 aromatic rings. The van der Waals surface area contributed by atoms with Crippen LogP contribution < -0.4 is 5.73 Å². The fraction of sp³-hybridized carbons (Fsp3) is 0.444. The van der Waals surface area contributed by atoms with Gasteiger partial charge in [0.1, 0.15) is 0 Å². The number of pyridine rings is 1. The fourth-order valence-electron chi connectivity index (χ4n) is 1.09. The zero-order valence-corrected chi connectivity index (χ0v) is 6.83. The fourth-order valence-corrected chi connectivity index (χ4v) is 1.09. The lowest BCUT2D eigenvalue weighted by molar-refractivity contribution is 0.637. The molecule has 0 saturated carbocycles. The van der Waals surface area contributed by atoms with Crippen molar-refractivity contribution in [2.45, 2.75) is 25.8 Å². The third-order valence-corrected chi connectivity index (χ3v) is 1.73. The zero-order chi connectivity index (χ0) is 8.10. The molecule has 0 aliphatic carbocycles. The van der Waals surface area contributed by atoms with Gasteiger partial charge in [0.25, 0.3) is 0 Å². The molecule has 2 nitrogen and oxygen atoms in total. The smallest absolute Gasteiger partial charge is 0.0295 e. The van der Waals surface area contributed by atoms with Crippen LogP contribution in [0.4, 0.5) is 0 Å². The summed E-state index contributed by atoms with van der Waals surface area (Å²) in [6, 6.07) is 4.13. The van der Waals surface area contributed by atoms with E-state index in [-0.39, 0.29) is 6.04 Å². The number of nitrogens with two attached hydrogens (primary N) is 1. The lowest BCUT2D eigenvalue weighted by Crippen LogP contribution is -2.09. The molecule has 11 heavy (non-hydrogen) atoms. The number of rotatable bonds is 3. The van der Waals surface area contributed by atoms with E-state index in [1.165, 1.54) is 5.56 Å². The molecule has 1 rings (SSSR count). The highest BCUT2D eigenvalue weighted by molar-refractivity contribution is 5.13. The van der Waals surface area contributed by atoms with Gasteiger partial charge < -0.3 is 5.73 Å². The Bertz CT molecular complexity index is 196. The predicted molar refractivity (Wildman–Crippen MR) is 46.1 cm³/mol. The van der Waals surface area contributed by atoms with Crippen LogP contribution in [0.15, 0.2) is 24.5 Å². The van der Waals surface area contributed by atoms with Crippen molar-refractivity contribution in [3.05, 3.63) is 30.1 Å². The van der Waals surface area contributed by atoms with Gasteiger partial charge in [0.15, 0.2) is 0 Å². The summed E-state index contributed by atoms with van der Waals surface area (Å²) in [5.41, 5.74) is 7.06. The molecule has 0 aliphatic rings. The van der Waals surface area contributed by atoms with Crippen LogP contribution in [0.5, 0.6) is 0 Å². The Labute approximate surface area is 67.5 Å². The van der Waals surface area contributed by atoms with Crippen molar-refractivity contribution in [2.75, 3.05) is 0 Å². The second-order valence-electron chi connectivity index (χ2n) is 2.68. The van der Waals surface area contributed by atoms with E-state index in [4.69, 9.17) is 5.73 Å². The van der Waals surface area contributed by atoms with E-state index in [0.29, 0.717) is 0 Å². The minimum Gasteiger partial charge on any atom is -0.324 e. The molecule has 1 heterocycles. The summed E-state index contributed by atoms with van der Waals surface area (Å²) in [7, 11) is 0. The molecule has 0 fully saturated rings. The van der Waals surface area contributed by atoms with Crippen molar-refractivity contribution in [2.24, 2.45) is 5.73 Å². The molecule has 0 amide bonds. The van der Waals surface area contributed by atoms with Crippen LogP contribution in [-0.2, 0) is 0 Å². The predicted octanol–water partition coefficient (Wildman–Crippen LogP) is 1.88. The highest BCUT2D eigenvalue weighted by Gasteiger charge is 2.01. The van der Waals surface area contributed by atoms with Crippen molar-refractivity contribution in [1.29, 1.82) is 0 Å². The Hall–Kier alpha value is -0.890. The first-order valence-electron chi connectivity index (χ1n) is 4.00. The van der Waals surface area contributed by atoms with Crippen molar-refractivity contribution >= 4 is 0 Å². The molecule has 2 heteroatoms. The molecule has 0 bridgehead atoms. The number of aromatic nitrogens is 1. The number of hydrogen-bond acceptors (Lipinski definition) is 2. The van der Waals surface area contributed by atoms with E-state index in [2.05, 4.69) is 11.9 Å². The lowest BCUT2D eigenvalue weighted by Gasteiger charge is -2.08. The first-order chi connectivity index (χ1) is 5.34. The van der Waals surface area contributed by atoms with Crippen molar-refractivity contribution in [3.63, 3.8) is 0 Å². The third kappa shape index (κ3) is 2.31. The summed E-state index contributed by atoms with van der Waals surface area (Å²) in [6.45, 7) is 2.14. The van der Waals surface area contributed by atoms with Crippen LogP contribution in [0.2, 0.25) is 0 Å². The van der Waals surface area contributed by atoms with E-state index < -0.39 is 0 Å². The average molecular weight is 150 g/mol. The van der Waals surface area contributed by atoms with Gasteiger partial charge in [0, 0.05) is 18.4 Å². The molecule has 1 aromatic heterocycles. The number of nitrogens with zero attached hydrogens (tertiary/aromatic N) is 1. The maximum absolute atomic E-state index is 5.88. The summed E-state index contributed by atoms with van der Waals surface area (Å²) in [5.74, 6) is 0. The minimum absolute atomic E-state index is 0.183. The Morgan fingerprint density at radius 3 is 2.64 bits per heavy atom. The standard InChI is InChI=1S/C9H14N2/c1-2-3-9(10)8-4-6-11-7-5-8/h4-7,9H,2-3,10H2,1H3/t9-/m1/s1. The molecule has 0 saturated heterocycles. The maximum Gasteiger partial charge on any atom is 0.0295 e. The summed E-state index contributed by atoms with van der Waals surface area (Å²) < 4.78 is 0. The Kier molecular flexibility index (Phi) is 3.05. The normalized spacial score (nSPS) is 12.9. The molecule has 60 valence electrons. The first-order valence-corrected chi connectivity index (χ1v) is 4.00. The van der Waals surface area contributed by atoms with Crippen LogP contribution >= 0.6 is 0 Å². The molecular weight excluding hydrogens is 136 g/mol. The molecule has 2 N–H and O–H groups in total. The van der Waals surface area contributed by atoms with Gasteiger partial charge in [-0.25, -0.2) is 0 Å². The summed E-state index contributed by atoms with van der Waals surface area (Å²) in [6.07, 6.45) is 5.74. The highest BCUT2D eigenvalue weighted by Crippen LogP contribution is 2.13. The molecule has 0 radical (unpaired) electrons. The minimum atomic E-state index is 0.183. The van der Waals surface area contributed by atoms with Crippen LogP contribution in [0.3, 0.4) is 0 Å². The van der Waals surface area contributed by atoms with Crippen molar-refractivity contribution in [1.82, 2.24) is 4.98 Å². The van der Waals surface area contributed by atoms with Crippen LogP contribution in [0.1, 0.15) is 31.4 Å². The van der Waals surface area contributed by atoms with Crippen LogP contribution in [0.25, 0.3) is 0 Å². The second-order valence-corrected chi connectivity index (χ2v) is 2.68. The van der Waals surface area contributed by atoms with Gasteiger partial charge in [-0.3, -0.25) is 4.98 Å². The van der Waals surface area contributed by atoms with Gasteiger partial charge in [0.05, 0.1) is 0 Å². The second kappa shape index (κ2) is 4.09. The molecule has 0 aliphatic heterocycles. The summed E-state index contributed by atoms with van der Waals surface area (Å²) in [5, 5.41) is 0. The quantitative estimate of drug-likeness (QED) is 0.714. The van der Waals surface area contributed by atoms with Gasteiger partial charge >= 0.3 is 0 Å². The molecule has 1 atom stereocenters. The Morgan fingerprint density at radius 1 is 1.45 bits per heavy atom. The Balaban J connectivity index is 2.61. The first kappa shape index (κ1) is 8.21. The molecule has 0 unspecified atom stereocenters. The molecule has 0 aromatic carbocycles. The van der Waals surface area contributed by atoms with E-state index in [0.717, 1.165) is 12.8 Å². The van der Waals surface area contributed by atoms with E-state index in [9.17, 15) is 0 Å².